The second-order valence-electron chi connectivity index (χ2n) is 8.96. The summed E-state index contributed by atoms with van der Waals surface area (Å²) in [6, 6.07) is 10.7. The number of benzene rings is 1. The molecule has 1 N–H and O–H groups in total. The Balaban J connectivity index is 1.32. The number of carbonyl (C=O) groups is 2. The summed E-state index contributed by atoms with van der Waals surface area (Å²) in [4.78, 5) is 44.5. The van der Waals surface area contributed by atoms with Gasteiger partial charge in [0.2, 0.25) is 11.8 Å². The summed E-state index contributed by atoms with van der Waals surface area (Å²) in [5.74, 6) is 0.252. The molecular weight excluding hydrogens is 468 g/mol. The zero-order valence-corrected chi connectivity index (χ0v) is 19.0. The van der Waals surface area contributed by atoms with Crippen LogP contribution in [-0.4, -0.2) is 22.0 Å². The van der Waals surface area contributed by atoms with E-state index in [9.17, 15) is 14.4 Å². The van der Waals surface area contributed by atoms with Crippen LogP contribution in [0.15, 0.2) is 56.9 Å². The van der Waals surface area contributed by atoms with Gasteiger partial charge in [-0.05, 0) is 60.6 Å². The predicted octanol–water partition coefficient (Wildman–Crippen LogP) is 4.36. The van der Waals surface area contributed by atoms with Gasteiger partial charge in [0, 0.05) is 10.3 Å². The van der Waals surface area contributed by atoms with E-state index in [1.165, 1.54) is 16.2 Å². The van der Waals surface area contributed by atoms with Gasteiger partial charge in [0.05, 0.1) is 39.6 Å². The van der Waals surface area contributed by atoms with E-state index >= 15 is 0 Å². The standard InChI is InChI=1S/C23H17ClN2O4S2/c24-9-3-5-10(6-4-9)26-21(27)15-11-8-12(16(15)22(26)28)18-14(11)17(13-2-1-7-30-13)19-20(31-18)25-23(29)32-19/h1-7,11-12,14-18H,8H2,(H,25,29)/t11-,12+,14+,15+,16+,17-,18+/m0/s1. The number of halogens is 1. The lowest BCUT2D eigenvalue weighted by Gasteiger charge is -2.42. The van der Waals surface area contributed by atoms with Gasteiger partial charge in [-0.25, -0.2) is 0 Å². The van der Waals surface area contributed by atoms with Crippen molar-refractivity contribution in [3.8, 4) is 0 Å². The molecule has 0 radical (unpaired) electrons. The number of anilines is 1. The van der Waals surface area contributed by atoms with E-state index in [4.69, 9.17) is 16.0 Å². The van der Waals surface area contributed by atoms with Gasteiger partial charge in [-0.3, -0.25) is 19.3 Å². The molecule has 2 aromatic heterocycles. The van der Waals surface area contributed by atoms with Gasteiger partial charge in [-0.2, -0.15) is 0 Å². The zero-order chi connectivity index (χ0) is 21.7. The van der Waals surface area contributed by atoms with E-state index in [2.05, 4.69) is 4.98 Å². The maximum atomic E-state index is 13.6. The Hall–Kier alpha value is -2.29. The summed E-state index contributed by atoms with van der Waals surface area (Å²) in [7, 11) is 0. The highest BCUT2D eigenvalue weighted by atomic mass is 35.5. The minimum atomic E-state index is -0.320. The van der Waals surface area contributed by atoms with Gasteiger partial charge >= 0.3 is 4.87 Å². The van der Waals surface area contributed by atoms with Crippen molar-refractivity contribution in [3.63, 3.8) is 0 Å². The van der Waals surface area contributed by atoms with Gasteiger partial charge in [0.15, 0.2) is 0 Å². The first-order chi connectivity index (χ1) is 15.5. The molecule has 2 bridgehead atoms. The van der Waals surface area contributed by atoms with Gasteiger partial charge < -0.3 is 9.40 Å². The first-order valence-electron chi connectivity index (χ1n) is 10.6. The van der Waals surface area contributed by atoms with Crippen LogP contribution in [0.1, 0.15) is 23.0 Å². The van der Waals surface area contributed by atoms with Crippen LogP contribution in [-0.2, 0) is 9.59 Å². The van der Waals surface area contributed by atoms with Gasteiger partial charge in [0.1, 0.15) is 5.76 Å². The highest BCUT2D eigenvalue weighted by molar-refractivity contribution is 8.00. The average molecular weight is 485 g/mol. The van der Waals surface area contributed by atoms with Crippen LogP contribution in [0.5, 0.6) is 0 Å². The number of thiazole rings is 1. The second-order valence-corrected chi connectivity index (χ2v) is 11.6. The Morgan fingerprint density at radius 1 is 1.03 bits per heavy atom. The molecule has 2 amide bonds. The van der Waals surface area contributed by atoms with E-state index in [-0.39, 0.29) is 57.4 Å². The summed E-state index contributed by atoms with van der Waals surface area (Å²) in [5.41, 5.74) is 0.583. The van der Waals surface area contributed by atoms with Crippen molar-refractivity contribution < 1.29 is 14.0 Å². The van der Waals surface area contributed by atoms with Gasteiger partial charge in [-0.1, -0.05) is 22.9 Å². The molecule has 3 aromatic rings. The molecule has 2 aliphatic heterocycles. The van der Waals surface area contributed by atoms with Crippen LogP contribution < -0.4 is 9.77 Å². The molecule has 4 heterocycles. The number of furan rings is 1. The molecule has 1 saturated heterocycles. The predicted molar refractivity (Wildman–Crippen MR) is 121 cm³/mol. The highest BCUT2D eigenvalue weighted by Gasteiger charge is 2.70. The number of fused-ring (bicyclic) bond motifs is 9. The monoisotopic (exact) mass is 484 g/mol. The lowest BCUT2D eigenvalue weighted by atomic mass is 9.69. The Morgan fingerprint density at radius 2 is 1.78 bits per heavy atom. The Morgan fingerprint density at radius 3 is 2.50 bits per heavy atom. The fraction of sp³-hybridized carbons (Fsp3) is 0.348. The number of aromatic amines is 1. The number of imide groups is 1. The number of H-pyrrole nitrogens is 1. The summed E-state index contributed by atoms with van der Waals surface area (Å²) in [6.07, 6.45) is 2.52. The smallest absolute Gasteiger partial charge is 0.305 e. The number of hydrogen-bond acceptors (Lipinski definition) is 6. The SMILES string of the molecule is O=C1[C@@H]2[C@H]3C[C@@H]([C@H]4Sc5[nH]c(=O)sc5[C@@H](c5ccco5)[C@@H]34)[C@H]2C(=O)N1c1ccc(Cl)cc1. The summed E-state index contributed by atoms with van der Waals surface area (Å²) >= 11 is 8.92. The first kappa shape index (κ1) is 19.2. The molecule has 7 atom stereocenters. The Kier molecular flexibility index (Phi) is 3.97. The number of nitrogens with zero attached hydrogens (tertiary/aromatic N) is 1. The summed E-state index contributed by atoms with van der Waals surface area (Å²) in [5, 5.41) is 1.62. The molecule has 1 aromatic carbocycles. The number of hydrogen-bond donors (Lipinski definition) is 1. The topological polar surface area (TPSA) is 83.4 Å². The van der Waals surface area contributed by atoms with Gasteiger partial charge in [-0.15, -0.1) is 11.8 Å². The molecule has 7 rings (SSSR count). The van der Waals surface area contributed by atoms with Crippen LogP contribution in [0.25, 0.3) is 0 Å². The molecule has 32 heavy (non-hydrogen) atoms. The summed E-state index contributed by atoms with van der Waals surface area (Å²) < 4.78 is 5.82. The maximum absolute atomic E-state index is 13.6. The number of nitrogens with one attached hydrogen (secondary N) is 1. The van der Waals surface area contributed by atoms with Crippen molar-refractivity contribution in [2.75, 3.05) is 4.90 Å². The van der Waals surface area contributed by atoms with Crippen molar-refractivity contribution in [2.45, 2.75) is 22.6 Å². The fourth-order valence-corrected chi connectivity index (χ4v) is 9.64. The van der Waals surface area contributed by atoms with E-state index in [1.807, 2.05) is 12.1 Å². The quantitative estimate of drug-likeness (QED) is 0.546. The first-order valence-corrected chi connectivity index (χ1v) is 12.7. The number of rotatable bonds is 2. The number of carbonyl (C=O) groups excluding carboxylic acids is 2. The molecule has 3 fully saturated rings. The molecule has 162 valence electrons. The van der Waals surface area contributed by atoms with Crippen molar-refractivity contribution in [1.82, 2.24) is 4.98 Å². The van der Waals surface area contributed by atoms with E-state index in [0.717, 1.165) is 22.1 Å². The molecular formula is C23H17ClN2O4S2. The normalized spacial score (nSPS) is 34.7. The largest absolute Gasteiger partial charge is 0.469 e. The van der Waals surface area contributed by atoms with E-state index in [1.54, 1.807) is 42.3 Å². The fourth-order valence-electron chi connectivity index (χ4n) is 6.65. The third-order valence-electron chi connectivity index (χ3n) is 7.66. The minimum Gasteiger partial charge on any atom is -0.469 e. The zero-order valence-electron chi connectivity index (χ0n) is 16.6. The van der Waals surface area contributed by atoms with Crippen LogP contribution in [0, 0.1) is 29.6 Å². The molecule has 6 nitrogen and oxygen atoms in total. The van der Waals surface area contributed by atoms with Crippen molar-refractivity contribution in [2.24, 2.45) is 29.6 Å². The number of aromatic nitrogens is 1. The lowest BCUT2D eigenvalue weighted by Crippen LogP contribution is -2.42. The highest BCUT2D eigenvalue weighted by Crippen LogP contribution is 2.68. The second kappa shape index (κ2) is 6.62. The molecule has 0 unspecified atom stereocenters. The minimum absolute atomic E-state index is 0.0707. The molecule has 2 saturated carbocycles. The Bertz CT molecular complexity index is 1310. The Labute approximate surface area is 195 Å². The summed E-state index contributed by atoms with van der Waals surface area (Å²) in [6.45, 7) is 0. The van der Waals surface area contributed by atoms with E-state index in [0.29, 0.717) is 10.7 Å². The molecule has 2 aliphatic carbocycles. The third-order valence-corrected chi connectivity index (χ3v) is 10.5. The molecule has 9 heteroatoms. The maximum Gasteiger partial charge on any atom is 0.305 e. The van der Waals surface area contributed by atoms with Crippen LogP contribution in [0.4, 0.5) is 5.69 Å². The van der Waals surface area contributed by atoms with Gasteiger partial charge in [0.25, 0.3) is 0 Å². The van der Waals surface area contributed by atoms with Crippen molar-refractivity contribution in [3.05, 3.63) is 68.0 Å². The average Bonchev–Trinajstić information content (AvgIpc) is 3.57. The van der Waals surface area contributed by atoms with Crippen LogP contribution >= 0.6 is 34.7 Å². The van der Waals surface area contributed by atoms with E-state index < -0.39 is 0 Å². The van der Waals surface area contributed by atoms with Crippen LogP contribution in [0.3, 0.4) is 0 Å². The molecule has 4 aliphatic rings. The van der Waals surface area contributed by atoms with Crippen LogP contribution in [0.2, 0.25) is 5.02 Å². The molecule has 0 spiro atoms. The van der Waals surface area contributed by atoms with Crippen molar-refractivity contribution in [1.29, 1.82) is 0 Å². The van der Waals surface area contributed by atoms with Crippen molar-refractivity contribution >= 4 is 52.2 Å². The number of thioether (sulfide) groups is 1. The number of amides is 2. The lowest BCUT2D eigenvalue weighted by molar-refractivity contribution is -0.123. The third kappa shape index (κ3) is 2.40.